The van der Waals surface area contributed by atoms with E-state index in [-0.39, 0.29) is 11.9 Å². The van der Waals surface area contributed by atoms with Crippen molar-refractivity contribution in [3.05, 3.63) is 65.2 Å². The summed E-state index contributed by atoms with van der Waals surface area (Å²) in [6.45, 7) is 11.2. The fourth-order valence-corrected chi connectivity index (χ4v) is 3.24. The number of carbonyl (C=O) groups excluding carboxylic acids is 1. The van der Waals surface area contributed by atoms with Crippen LogP contribution in [0.1, 0.15) is 56.3 Å². The van der Waals surface area contributed by atoms with Crippen molar-refractivity contribution < 1.29 is 10.1 Å². The van der Waals surface area contributed by atoms with Crippen molar-refractivity contribution in [2.24, 2.45) is 5.92 Å². The Morgan fingerprint density at radius 1 is 1.00 bits per heavy atom. The van der Waals surface area contributed by atoms with Gasteiger partial charge < -0.3 is 10.6 Å². The maximum absolute atomic E-state index is 12.6. The van der Waals surface area contributed by atoms with Crippen LogP contribution in [0.5, 0.6) is 0 Å². The average Bonchev–Trinajstić information content (AvgIpc) is 2.57. The molecule has 0 aliphatic rings. The molecule has 2 aromatic carbocycles. The number of anilines is 1. The summed E-state index contributed by atoms with van der Waals surface area (Å²) in [5.41, 5.74) is 4.54. The molecule has 3 nitrogen and oxygen atoms in total. The van der Waals surface area contributed by atoms with Crippen molar-refractivity contribution in [2.75, 3.05) is 11.9 Å². The van der Waals surface area contributed by atoms with Gasteiger partial charge in [0.1, 0.15) is 6.04 Å². The SMILES string of the molecule is Cc1cccc(C(C)C)c1NC(=O)C[NH2+][C@@H](c1ccccc1)C(C)C. The molecule has 3 N–H and O–H groups in total. The highest BCUT2D eigenvalue weighted by atomic mass is 16.1. The second-order valence-corrected chi connectivity index (χ2v) is 7.36. The van der Waals surface area contributed by atoms with E-state index >= 15 is 0 Å². The Hall–Kier alpha value is -2.13. The van der Waals surface area contributed by atoms with Gasteiger partial charge in [0.15, 0.2) is 6.54 Å². The van der Waals surface area contributed by atoms with E-state index in [4.69, 9.17) is 0 Å². The molecule has 0 aliphatic heterocycles. The summed E-state index contributed by atoms with van der Waals surface area (Å²) in [6, 6.07) is 16.9. The number of aryl methyl sites for hydroxylation is 1. The number of amides is 1. The van der Waals surface area contributed by atoms with Gasteiger partial charge in [-0.3, -0.25) is 4.79 Å². The summed E-state index contributed by atoms with van der Waals surface area (Å²) in [5, 5.41) is 5.28. The van der Waals surface area contributed by atoms with Crippen LogP contribution in [0, 0.1) is 12.8 Å². The van der Waals surface area contributed by atoms with Gasteiger partial charge in [-0.15, -0.1) is 0 Å². The fraction of sp³-hybridized carbons (Fsp3) is 0.409. The number of carbonyl (C=O) groups is 1. The normalized spacial score (nSPS) is 12.4. The highest BCUT2D eigenvalue weighted by Gasteiger charge is 2.21. The van der Waals surface area contributed by atoms with Crippen LogP contribution >= 0.6 is 0 Å². The van der Waals surface area contributed by atoms with Gasteiger partial charge in [-0.25, -0.2) is 0 Å². The lowest BCUT2D eigenvalue weighted by Crippen LogP contribution is -2.88. The van der Waals surface area contributed by atoms with E-state index in [1.54, 1.807) is 0 Å². The standard InChI is InChI=1S/C22H30N2O/c1-15(2)19-13-9-10-17(5)22(19)24-20(25)14-23-21(16(3)4)18-11-7-6-8-12-18/h6-13,15-16,21,23H,14H2,1-5H3,(H,24,25)/p+1/t21-/m1/s1. The lowest BCUT2D eigenvalue weighted by atomic mass is 9.96. The maximum atomic E-state index is 12.6. The number of hydrogen-bond acceptors (Lipinski definition) is 1. The first-order chi connectivity index (χ1) is 11.9. The number of hydrogen-bond donors (Lipinski definition) is 2. The quantitative estimate of drug-likeness (QED) is 0.786. The van der Waals surface area contributed by atoms with Crippen LogP contribution in [0.15, 0.2) is 48.5 Å². The monoisotopic (exact) mass is 339 g/mol. The van der Waals surface area contributed by atoms with Crippen molar-refractivity contribution in [1.82, 2.24) is 0 Å². The summed E-state index contributed by atoms with van der Waals surface area (Å²) in [6.07, 6.45) is 0. The molecule has 0 unspecified atom stereocenters. The van der Waals surface area contributed by atoms with Gasteiger partial charge in [0.25, 0.3) is 5.91 Å². The van der Waals surface area contributed by atoms with Crippen molar-refractivity contribution in [1.29, 1.82) is 0 Å². The van der Waals surface area contributed by atoms with Crippen molar-refractivity contribution in [2.45, 2.75) is 46.6 Å². The molecular formula is C22H31N2O+. The summed E-state index contributed by atoms with van der Waals surface area (Å²) in [7, 11) is 0. The lowest BCUT2D eigenvalue weighted by molar-refractivity contribution is -0.692. The molecular weight excluding hydrogens is 308 g/mol. The Labute approximate surface area is 151 Å². The summed E-state index contributed by atoms with van der Waals surface area (Å²) in [4.78, 5) is 12.6. The van der Waals surface area contributed by atoms with Crippen molar-refractivity contribution in [3.8, 4) is 0 Å². The Morgan fingerprint density at radius 3 is 2.28 bits per heavy atom. The minimum atomic E-state index is 0.0535. The van der Waals surface area contributed by atoms with Crippen molar-refractivity contribution >= 4 is 11.6 Å². The zero-order chi connectivity index (χ0) is 18.4. The topological polar surface area (TPSA) is 45.7 Å². The predicted octanol–water partition coefficient (Wildman–Crippen LogP) is 4.02. The first kappa shape index (κ1) is 19.2. The average molecular weight is 340 g/mol. The smallest absolute Gasteiger partial charge is 0.279 e. The maximum Gasteiger partial charge on any atom is 0.279 e. The highest BCUT2D eigenvalue weighted by molar-refractivity contribution is 5.93. The number of nitrogens with one attached hydrogen (secondary N) is 1. The summed E-state index contributed by atoms with van der Waals surface area (Å²) < 4.78 is 0. The van der Waals surface area contributed by atoms with Gasteiger partial charge in [0, 0.05) is 17.2 Å². The highest BCUT2D eigenvalue weighted by Crippen LogP contribution is 2.27. The molecule has 0 heterocycles. The first-order valence-electron chi connectivity index (χ1n) is 9.17. The molecule has 2 aromatic rings. The zero-order valence-electron chi connectivity index (χ0n) is 16.0. The van der Waals surface area contributed by atoms with Crippen LogP contribution in [0.3, 0.4) is 0 Å². The first-order valence-corrected chi connectivity index (χ1v) is 9.17. The molecule has 0 radical (unpaired) electrons. The minimum absolute atomic E-state index is 0.0535. The van der Waals surface area contributed by atoms with Crippen LogP contribution in [0.2, 0.25) is 0 Å². The molecule has 0 aliphatic carbocycles. The molecule has 0 spiro atoms. The molecule has 0 aromatic heterocycles. The van der Waals surface area contributed by atoms with Gasteiger partial charge in [-0.1, -0.05) is 76.2 Å². The fourth-order valence-electron chi connectivity index (χ4n) is 3.24. The predicted molar refractivity (Wildman–Crippen MR) is 105 cm³/mol. The number of rotatable bonds is 7. The van der Waals surface area contributed by atoms with Crippen LogP contribution in [0.4, 0.5) is 5.69 Å². The molecule has 3 heteroatoms. The van der Waals surface area contributed by atoms with E-state index in [0.717, 1.165) is 11.3 Å². The Balaban J connectivity index is 2.06. The molecule has 1 atom stereocenters. The molecule has 0 saturated heterocycles. The number of para-hydroxylation sites is 1. The van der Waals surface area contributed by atoms with E-state index in [1.807, 2.05) is 19.1 Å². The van der Waals surface area contributed by atoms with E-state index in [2.05, 4.69) is 74.7 Å². The van der Waals surface area contributed by atoms with Crippen LogP contribution in [-0.2, 0) is 4.79 Å². The second kappa shape index (κ2) is 8.82. The van der Waals surface area contributed by atoms with E-state index < -0.39 is 0 Å². The number of benzene rings is 2. The van der Waals surface area contributed by atoms with E-state index in [9.17, 15) is 4.79 Å². The zero-order valence-corrected chi connectivity index (χ0v) is 16.0. The van der Waals surface area contributed by atoms with Gasteiger partial charge in [-0.2, -0.15) is 0 Å². The second-order valence-electron chi connectivity index (χ2n) is 7.36. The molecule has 2 rings (SSSR count). The molecule has 1 amide bonds. The van der Waals surface area contributed by atoms with Crippen LogP contribution < -0.4 is 10.6 Å². The molecule has 0 fully saturated rings. The van der Waals surface area contributed by atoms with Crippen molar-refractivity contribution in [3.63, 3.8) is 0 Å². The van der Waals surface area contributed by atoms with Gasteiger partial charge in [0.2, 0.25) is 0 Å². The summed E-state index contributed by atoms with van der Waals surface area (Å²) in [5.74, 6) is 0.893. The third kappa shape index (κ3) is 5.17. The lowest BCUT2D eigenvalue weighted by Gasteiger charge is -2.20. The molecule has 134 valence electrons. The van der Waals surface area contributed by atoms with E-state index in [1.165, 1.54) is 11.1 Å². The number of nitrogens with two attached hydrogens (primary N) is 1. The van der Waals surface area contributed by atoms with Crippen LogP contribution in [0.25, 0.3) is 0 Å². The Bertz CT molecular complexity index is 692. The van der Waals surface area contributed by atoms with Gasteiger partial charge in [0.05, 0.1) is 0 Å². The third-order valence-corrected chi connectivity index (χ3v) is 4.65. The Morgan fingerprint density at radius 2 is 1.68 bits per heavy atom. The molecule has 25 heavy (non-hydrogen) atoms. The third-order valence-electron chi connectivity index (χ3n) is 4.65. The van der Waals surface area contributed by atoms with Crippen LogP contribution in [-0.4, -0.2) is 12.5 Å². The van der Waals surface area contributed by atoms with E-state index in [0.29, 0.717) is 18.4 Å². The number of quaternary nitrogens is 1. The minimum Gasteiger partial charge on any atom is -0.332 e. The molecule has 0 bridgehead atoms. The van der Waals surface area contributed by atoms with Gasteiger partial charge in [-0.05, 0) is 24.0 Å². The molecule has 0 saturated carbocycles. The largest absolute Gasteiger partial charge is 0.332 e. The van der Waals surface area contributed by atoms with Gasteiger partial charge >= 0.3 is 0 Å². The summed E-state index contributed by atoms with van der Waals surface area (Å²) >= 11 is 0. The Kier molecular flexibility index (Phi) is 6.77.